The molecule has 0 amide bonds. The molecule has 0 bridgehead atoms. The van der Waals surface area contributed by atoms with Gasteiger partial charge in [-0.1, -0.05) is 18.5 Å². The maximum Gasteiger partial charge on any atom is 0.287 e. The summed E-state index contributed by atoms with van der Waals surface area (Å²) in [6.45, 7) is 3.09. The third kappa shape index (κ3) is 2.96. The van der Waals surface area contributed by atoms with Crippen molar-refractivity contribution in [1.29, 1.82) is 0 Å². The minimum atomic E-state index is -0.265. The number of anilines is 1. The molecule has 0 fully saturated rings. The summed E-state index contributed by atoms with van der Waals surface area (Å²) in [5.74, 6) is 0. The van der Waals surface area contributed by atoms with E-state index in [2.05, 4.69) is 15.5 Å². The first-order chi connectivity index (χ1) is 9.13. The fourth-order valence-electron chi connectivity index (χ4n) is 1.72. The minimum Gasteiger partial charge on any atom is -0.377 e. The second-order valence-corrected chi connectivity index (χ2v) is 4.58. The quantitative estimate of drug-likeness (QED) is 0.905. The molecule has 0 aliphatic heterocycles. The summed E-state index contributed by atoms with van der Waals surface area (Å²) in [5, 5.41) is 11.4. The van der Waals surface area contributed by atoms with Crippen molar-refractivity contribution >= 4 is 17.3 Å². The van der Waals surface area contributed by atoms with E-state index in [4.69, 9.17) is 11.6 Å². The molecule has 0 unspecified atom stereocenters. The van der Waals surface area contributed by atoms with Crippen LogP contribution in [-0.2, 0) is 20.1 Å². The Hall–Kier alpha value is -1.82. The second-order valence-electron chi connectivity index (χ2n) is 4.20. The third-order valence-electron chi connectivity index (χ3n) is 2.80. The second kappa shape index (κ2) is 5.88. The molecule has 2 heterocycles. The van der Waals surface area contributed by atoms with Gasteiger partial charge in [-0.05, 0) is 12.5 Å². The van der Waals surface area contributed by atoms with Crippen LogP contribution >= 0.6 is 11.6 Å². The average molecular weight is 282 g/mol. The molecule has 0 aliphatic rings. The Balaban J connectivity index is 2.16. The molecule has 2 aromatic rings. The molecule has 0 saturated carbocycles. The standard InChI is InChI=1S/C12H16ClN5O/c1-3-6-18-12(19)11(13)10(8-16-18)14-7-9-4-5-15-17(9)2/h4-5,8,14H,3,6-7H2,1-2H3. The van der Waals surface area contributed by atoms with Crippen molar-refractivity contribution < 1.29 is 0 Å². The molecule has 0 saturated heterocycles. The van der Waals surface area contributed by atoms with Crippen LogP contribution in [0.4, 0.5) is 5.69 Å². The van der Waals surface area contributed by atoms with Crippen molar-refractivity contribution in [2.75, 3.05) is 5.32 Å². The first-order valence-electron chi connectivity index (χ1n) is 6.10. The van der Waals surface area contributed by atoms with E-state index in [1.807, 2.05) is 20.0 Å². The molecule has 2 rings (SSSR count). The molecule has 0 spiro atoms. The number of aromatic nitrogens is 4. The lowest BCUT2D eigenvalue weighted by Crippen LogP contribution is -2.24. The number of rotatable bonds is 5. The highest BCUT2D eigenvalue weighted by molar-refractivity contribution is 6.32. The number of aryl methyl sites for hydroxylation is 2. The van der Waals surface area contributed by atoms with E-state index in [0.717, 1.165) is 12.1 Å². The predicted octanol–water partition coefficient (Wildman–Crippen LogP) is 1.65. The molecule has 0 aliphatic carbocycles. The zero-order valence-electron chi connectivity index (χ0n) is 10.9. The van der Waals surface area contributed by atoms with Crippen LogP contribution in [0.5, 0.6) is 0 Å². The van der Waals surface area contributed by atoms with Crippen molar-refractivity contribution in [3.63, 3.8) is 0 Å². The van der Waals surface area contributed by atoms with E-state index in [-0.39, 0.29) is 10.6 Å². The number of hydrogen-bond acceptors (Lipinski definition) is 4. The third-order valence-corrected chi connectivity index (χ3v) is 3.17. The van der Waals surface area contributed by atoms with Crippen LogP contribution in [0.25, 0.3) is 0 Å². The molecule has 102 valence electrons. The van der Waals surface area contributed by atoms with Crippen molar-refractivity contribution in [3.05, 3.63) is 39.5 Å². The van der Waals surface area contributed by atoms with Gasteiger partial charge in [0.15, 0.2) is 0 Å². The minimum absolute atomic E-state index is 0.172. The summed E-state index contributed by atoms with van der Waals surface area (Å²) in [4.78, 5) is 11.9. The van der Waals surface area contributed by atoms with Gasteiger partial charge in [-0.15, -0.1) is 0 Å². The van der Waals surface area contributed by atoms with Gasteiger partial charge in [0.1, 0.15) is 5.02 Å². The van der Waals surface area contributed by atoms with Crippen LogP contribution in [0.1, 0.15) is 19.0 Å². The highest BCUT2D eigenvalue weighted by Gasteiger charge is 2.09. The van der Waals surface area contributed by atoms with Crippen LogP contribution in [0, 0.1) is 0 Å². The molecular weight excluding hydrogens is 266 g/mol. The van der Waals surface area contributed by atoms with E-state index in [1.165, 1.54) is 4.68 Å². The lowest BCUT2D eigenvalue weighted by molar-refractivity contribution is 0.568. The van der Waals surface area contributed by atoms with E-state index in [0.29, 0.717) is 18.8 Å². The molecule has 0 aromatic carbocycles. The monoisotopic (exact) mass is 281 g/mol. The van der Waals surface area contributed by atoms with Crippen molar-refractivity contribution in [2.45, 2.75) is 26.4 Å². The normalized spacial score (nSPS) is 10.7. The van der Waals surface area contributed by atoms with Crippen LogP contribution in [0.3, 0.4) is 0 Å². The largest absolute Gasteiger partial charge is 0.377 e. The number of halogens is 1. The predicted molar refractivity (Wildman–Crippen MR) is 74.3 cm³/mol. The SMILES string of the molecule is CCCn1ncc(NCc2ccnn2C)c(Cl)c1=O. The van der Waals surface area contributed by atoms with Crippen LogP contribution in [-0.4, -0.2) is 19.6 Å². The summed E-state index contributed by atoms with van der Waals surface area (Å²) in [6, 6.07) is 1.90. The molecule has 1 N–H and O–H groups in total. The first kappa shape index (κ1) is 13.6. The Labute approximate surface area is 116 Å². The van der Waals surface area contributed by atoms with Gasteiger partial charge >= 0.3 is 0 Å². The van der Waals surface area contributed by atoms with Crippen molar-refractivity contribution in [3.8, 4) is 0 Å². The average Bonchev–Trinajstić information content (AvgIpc) is 2.80. The molecule has 6 nitrogen and oxygen atoms in total. The number of nitrogens with zero attached hydrogens (tertiary/aromatic N) is 4. The van der Waals surface area contributed by atoms with Gasteiger partial charge in [-0.2, -0.15) is 10.2 Å². The van der Waals surface area contributed by atoms with Gasteiger partial charge < -0.3 is 5.32 Å². The Morgan fingerprint density at radius 1 is 1.42 bits per heavy atom. The van der Waals surface area contributed by atoms with Gasteiger partial charge in [0.05, 0.1) is 24.1 Å². The van der Waals surface area contributed by atoms with Crippen LogP contribution in [0.15, 0.2) is 23.3 Å². The number of nitrogens with one attached hydrogen (secondary N) is 1. The summed E-state index contributed by atoms with van der Waals surface area (Å²) in [6.07, 6.45) is 4.14. The highest BCUT2D eigenvalue weighted by atomic mass is 35.5. The van der Waals surface area contributed by atoms with Crippen LogP contribution < -0.4 is 10.9 Å². The highest BCUT2D eigenvalue weighted by Crippen LogP contribution is 2.16. The van der Waals surface area contributed by atoms with Crippen molar-refractivity contribution in [1.82, 2.24) is 19.6 Å². The summed E-state index contributed by atoms with van der Waals surface area (Å²) in [7, 11) is 1.86. The fraction of sp³-hybridized carbons (Fsp3) is 0.417. The van der Waals surface area contributed by atoms with E-state index in [9.17, 15) is 4.79 Å². The van der Waals surface area contributed by atoms with E-state index >= 15 is 0 Å². The summed E-state index contributed by atoms with van der Waals surface area (Å²) in [5.41, 5.74) is 1.27. The zero-order chi connectivity index (χ0) is 13.8. The summed E-state index contributed by atoms with van der Waals surface area (Å²) >= 11 is 6.06. The lowest BCUT2D eigenvalue weighted by atomic mass is 10.4. The van der Waals surface area contributed by atoms with E-state index in [1.54, 1.807) is 17.1 Å². The Kier molecular flexibility index (Phi) is 4.21. The maximum absolute atomic E-state index is 11.9. The first-order valence-corrected chi connectivity index (χ1v) is 6.47. The maximum atomic E-state index is 11.9. The number of hydrogen-bond donors (Lipinski definition) is 1. The zero-order valence-corrected chi connectivity index (χ0v) is 11.7. The molecule has 7 heteroatoms. The Morgan fingerprint density at radius 2 is 2.21 bits per heavy atom. The molecule has 0 atom stereocenters. The van der Waals surface area contributed by atoms with Gasteiger partial charge in [-0.3, -0.25) is 9.48 Å². The van der Waals surface area contributed by atoms with Gasteiger partial charge in [-0.25, -0.2) is 4.68 Å². The molecule has 0 radical (unpaired) electrons. The summed E-state index contributed by atoms with van der Waals surface area (Å²) < 4.78 is 3.13. The smallest absolute Gasteiger partial charge is 0.287 e. The Bertz CT molecular complexity index is 619. The van der Waals surface area contributed by atoms with E-state index < -0.39 is 0 Å². The fourth-order valence-corrected chi connectivity index (χ4v) is 1.93. The van der Waals surface area contributed by atoms with Gasteiger partial charge in [0, 0.05) is 19.8 Å². The van der Waals surface area contributed by atoms with Gasteiger partial charge in [0.2, 0.25) is 0 Å². The molecule has 19 heavy (non-hydrogen) atoms. The molecule has 2 aromatic heterocycles. The Morgan fingerprint density at radius 3 is 2.84 bits per heavy atom. The van der Waals surface area contributed by atoms with Gasteiger partial charge in [0.25, 0.3) is 5.56 Å². The van der Waals surface area contributed by atoms with Crippen molar-refractivity contribution in [2.24, 2.45) is 7.05 Å². The lowest BCUT2D eigenvalue weighted by Gasteiger charge is -2.09. The van der Waals surface area contributed by atoms with Crippen LogP contribution in [0.2, 0.25) is 5.02 Å². The topological polar surface area (TPSA) is 64.7 Å². The molecular formula is C12H16ClN5O.